The molecule has 0 saturated carbocycles. The number of ether oxygens (including phenoxy) is 2. The second kappa shape index (κ2) is 8.27. The van der Waals surface area contributed by atoms with E-state index in [0.717, 1.165) is 18.4 Å². The minimum Gasteiger partial charge on any atom is -0.353 e. The summed E-state index contributed by atoms with van der Waals surface area (Å²) >= 11 is 0. The number of rotatable bonds is 3. The molecule has 2 heterocycles. The van der Waals surface area contributed by atoms with Crippen LogP contribution in [0.3, 0.4) is 0 Å². The Morgan fingerprint density at radius 1 is 0.861 bits per heavy atom. The van der Waals surface area contributed by atoms with E-state index in [-0.39, 0.29) is 54.4 Å². The molecular weight excluding hydrogens is 545 g/mol. The molecule has 4 aliphatic rings. The van der Waals surface area contributed by atoms with Crippen molar-refractivity contribution in [3.8, 4) is 0 Å². The van der Waals surface area contributed by atoms with E-state index in [1.54, 1.807) is 12.1 Å². The van der Waals surface area contributed by atoms with E-state index >= 15 is 0 Å². The quantitative estimate of drug-likeness (QED) is 0.211. The maximum atomic E-state index is 12.0. The summed E-state index contributed by atoms with van der Waals surface area (Å²) in [5, 5.41) is 19.2. The number of nitrogens with one attached hydrogen (secondary N) is 2. The predicted octanol–water partition coefficient (Wildman–Crippen LogP) is 4.31. The van der Waals surface area contributed by atoms with Gasteiger partial charge in [0.1, 0.15) is 11.4 Å². The first-order valence-corrected chi connectivity index (χ1v) is 12.1. The third-order valence-electron chi connectivity index (χ3n) is 8.11. The molecule has 2 unspecified atom stereocenters. The molecule has 36 heavy (non-hydrogen) atoms. The Morgan fingerprint density at radius 3 is 1.97 bits per heavy atom. The predicted molar refractivity (Wildman–Crippen MR) is 128 cm³/mol. The molecule has 1 radical (unpaired) electrons. The topological polar surface area (TPSA) is 85.7 Å². The molecule has 3 aromatic carbocycles. The number of nitrogens with zero attached hydrogens (tertiary/aromatic N) is 1. The van der Waals surface area contributed by atoms with Gasteiger partial charge in [-0.15, -0.1) is 5.56 Å². The normalized spacial score (nSPS) is 33.4. The van der Waals surface area contributed by atoms with Crippen LogP contribution in [-0.4, -0.2) is 17.1 Å². The van der Waals surface area contributed by atoms with Gasteiger partial charge in [0.25, 0.3) is 0 Å². The number of hydrogen-bond acceptors (Lipinski definition) is 6. The number of fused-ring (bicyclic) bond motifs is 6. The summed E-state index contributed by atoms with van der Waals surface area (Å²) in [5.41, 5.74) is 4.26. The Morgan fingerprint density at radius 2 is 1.39 bits per heavy atom. The van der Waals surface area contributed by atoms with E-state index in [1.165, 1.54) is 22.3 Å². The van der Waals surface area contributed by atoms with E-state index in [4.69, 9.17) is 9.47 Å². The van der Waals surface area contributed by atoms with Crippen molar-refractivity contribution in [2.24, 2.45) is 0 Å². The molecule has 7 rings (SSSR count). The fraction of sp³-hybridized carbons (Fsp3) is 0.357. The van der Waals surface area contributed by atoms with Crippen LogP contribution in [0.2, 0.25) is 0 Å². The second-order valence-electron chi connectivity index (χ2n) is 10.3. The fourth-order valence-electron chi connectivity index (χ4n) is 6.50. The van der Waals surface area contributed by atoms with Crippen LogP contribution in [0.4, 0.5) is 5.69 Å². The Hall–Kier alpha value is -2.48. The van der Waals surface area contributed by atoms with Crippen LogP contribution in [0.15, 0.2) is 60.7 Å². The fourth-order valence-corrected chi connectivity index (χ4v) is 6.50. The Bertz CT molecular complexity index is 1380. The van der Waals surface area contributed by atoms with Crippen molar-refractivity contribution < 1.29 is 33.9 Å². The minimum absolute atomic E-state index is 0. The average Bonchev–Trinajstić information content (AvgIpc) is 3.55. The van der Waals surface area contributed by atoms with E-state index in [9.17, 15) is 10.1 Å². The third-order valence-corrected chi connectivity index (χ3v) is 8.11. The molecule has 0 amide bonds. The van der Waals surface area contributed by atoms with Gasteiger partial charge in [0.15, 0.2) is 5.69 Å². The van der Waals surface area contributed by atoms with Crippen molar-refractivity contribution in [1.82, 2.24) is 10.6 Å². The Balaban J connectivity index is 0.00000240. The van der Waals surface area contributed by atoms with Crippen molar-refractivity contribution >= 4 is 5.69 Å². The van der Waals surface area contributed by atoms with Gasteiger partial charge in [0, 0.05) is 37.2 Å². The smallest absolute Gasteiger partial charge is 0.170 e. The molecule has 6 atom stereocenters. The molecule has 7 nitrogen and oxygen atoms in total. The average molecular weight is 571 g/mol. The summed E-state index contributed by atoms with van der Waals surface area (Å²) in [4.78, 5) is 11.7. The standard InChI is InChI=1S/C28H26N3O4.Rh/c1-27(29-25-19-9-5-3-7-16(19)13-23(25)34-27)18-11-12-22(31(32)33)21(15-18)28(2)30-26-20-10-6-4-8-17(20)14-24(26)35-28;/h3-12,23-26,29-30H,13-14H2,1-2H3;/q-1;/t23-,24-,25+,26+,27?,28?;/m1./s1. The van der Waals surface area contributed by atoms with E-state index in [0.29, 0.717) is 5.56 Å². The van der Waals surface area contributed by atoms with Crippen molar-refractivity contribution in [3.63, 3.8) is 0 Å². The van der Waals surface area contributed by atoms with Gasteiger partial charge in [0.05, 0.1) is 24.3 Å². The summed E-state index contributed by atoms with van der Waals surface area (Å²) < 4.78 is 13.0. The molecule has 0 spiro atoms. The van der Waals surface area contributed by atoms with Gasteiger partial charge in [-0.3, -0.25) is 20.7 Å². The molecular formula is C28H26N3O4Rh-. The second-order valence-corrected chi connectivity index (χ2v) is 10.3. The molecule has 3 aromatic rings. The molecule has 0 aromatic heterocycles. The number of nitro groups is 1. The molecule has 2 fully saturated rings. The number of hydrogen-bond donors (Lipinski definition) is 2. The molecule has 2 saturated heterocycles. The zero-order valence-electron chi connectivity index (χ0n) is 19.9. The Labute approximate surface area is 222 Å². The molecule has 2 N–H and O–H groups in total. The summed E-state index contributed by atoms with van der Waals surface area (Å²) in [7, 11) is 0. The maximum absolute atomic E-state index is 12.0. The first-order valence-electron chi connectivity index (χ1n) is 12.1. The maximum Gasteiger partial charge on any atom is 0.170 e. The van der Waals surface area contributed by atoms with Gasteiger partial charge < -0.3 is 9.47 Å². The van der Waals surface area contributed by atoms with Crippen LogP contribution in [-0.2, 0) is 53.2 Å². The summed E-state index contributed by atoms with van der Waals surface area (Å²) in [6.07, 6.45) is 1.55. The zero-order chi connectivity index (χ0) is 23.9. The van der Waals surface area contributed by atoms with Crippen LogP contribution >= 0.6 is 0 Å². The molecule has 2 aliphatic carbocycles. The Kier molecular flexibility index (Phi) is 5.49. The summed E-state index contributed by atoms with van der Waals surface area (Å²) in [6.45, 7) is 3.85. The largest absolute Gasteiger partial charge is 0.353 e. The first-order chi connectivity index (χ1) is 16.8. The van der Waals surface area contributed by atoms with E-state index < -0.39 is 11.4 Å². The van der Waals surface area contributed by atoms with Crippen molar-refractivity contribution in [2.45, 2.75) is 62.4 Å². The van der Waals surface area contributed by atoms with Gasteiger partial charge in [-0.05, 0) is 41.7 Å². The SMILES string of the molecule is CC1(c2[c-]c(C3(C)N[C@H]4c5ccccc5C[C@H]4O3)c([N+](=O)[O-])cc2)N[C@H]2c3ccccc3C[C@H]2O1.[Rh]. The van der Waals surface area contributed by atoms with Gasteiger partial charge in [-0.2, -0.15) is 12.1 Å². The van der Waals surface area contributed by atoms with Crippen LogP contribution in [0, 0.1) is 16.2 Å². The molecule has 2 aliphatic heterocycles. The van der Waals surface area contributed by atoms with Crippen LogP contribution in [0.5, 0.6) is 0 Å². The number of benzene rings is 3. The van der Waals surface area contributed by atoms with Crippen molar-refractivity contribution in [3.05, 3.63) is 110 Å². The van der Waals surface area contributed by atoms with Crippen LogP contribution in [0.25, 0.3) is 0 Å². The van der Waals surface area contributed by atoms with Crippen LogP contribution in [0.1, 0.15) is 59.3 Å². The summed E-state index contributed by atoms with van der Waals surface area (Å²) in [5.74, 6) is 0. The van der Waals surface area contributed by atoms with Gasteiger partial charge >= 0.3 is 0 Å². The summed E-state index contributed by atoms with van der Waals surface area (Å²) in [6, 6.07) is 23.4. The van der Waals surface area contributed by atoms with E-state index in [1.807, 2.05) is 32.0 Å². The van der Waals surface area contributed by atoms with E-state index in [2.05, 4.69) is 47.0 Å². The van der Waals surface area contributed by atoms with Gasteiger partial charge in [0.2, 0.25) is 0 Å². The third kappa shape index (κ3) is 3.43. The first kappa shape index (κ1) is 23.9. The van der Waals surface area contributed by atoms with Crippen molar-refractivity contribution in [2.75, 3.05) is 0 Å². The number of nitro benzene ring substituents is 1. The molecule has 187 valence electrons. The monoisotopic (exact) mass is 571 g/mol. The van der Waals surface area contributed by atoms with Gasteiger partial charge in [-0.25, -0.2) is 0 Å². The molecule has 0 bridgehead atoms. The van der Waals surface area contributed by atoms with Crippen LogP contribution < -0.4 is 10.6 Å². The van der Waals surface area contributed by atoms with Crippen molar-refractivity contribution in [1.29, 1.82) is 0 Å². The van der Waals surface area contributed by atoms with Gasteiger partial charge in [-0.1, -0.05) is 54.6 Å². The molecule has 8 heteroatoms. The minimum atomic E-state index is -1.04. The zero-order valence-corrected chi connectivity index (χ0v) is 21.5.